The second-order valence-electron chi connectivity index (χ2n) is 5.18. The van der Waals surface area contributed by atoms with Gasteiger partial charge in [-0.05, 0) is 19.9 Å². The summed E-state index contributed by atoms with van der Waals surface area (Å²) >= 11 is 3.42. The smallest absolute Gasteiger partial charge is 0.272 e. The van der Waals surface area contributed by atoms with Crippen molar-refractivity contribution >= 4 is 21.8 Å². The van der Waals surface area contributed by atoms with Gasteiger partial charge < -0.3 is 9.64 Å². The molecule has 0 aliphatic carbocycles. The fourth-order valence-electron chi connectivity index (χ4n) is 2.28. The van der Waals surface area contributed by atoms with Gasteiger partial charge in [0.05, 0.1) is 11.7 Å². The number of hydrogen-bond donors (Lipinski definition) is 0. The van der Waals surface area contributed by atoms with Crippen LogP contribution >= 0.6 is 15.9 Å². The second kappa shape index (κ2) is 5.01. The Labute approximate surface area is 115 Å². The van der Waals surface area contributed by atoms with Crippen molar-refractivity contribution < 1.29 is 9.53 Å². The molecule has 0 spiro atoms. The molecule has 18 heavy (non-hydrogen) atoms. The standard InChI is InChI=1S/C12H18BrN3O2/c1-12(2)8-16(7-9(6-13)18-12)11(17)10-4-5-14-15(10)3/h4-5,9H,6-8H2,1-3H3. The Kier molecular flexibility index (Phi) is 3.77. The predicted octanol–water partition coefficient (Wildman–Crippen LogP) is 1.43. The first-order chi connectivity index (χ1) is 8.43. The molecule has 1 aliphatic rings. The van der Waals surface area contributed by atoms with Crippen LogP contribution in [0.5, 0.6) is 0 Å². The molecule has 2 heterocycles. The summed E-state index contributed by atoms with van der Waals surface area (Å²) in [6.07, 6.45) is 1.67. The Hall–Kier alpha value is -0.880. The maximum atomic E-state index is 12.4. The van der Waals surface area contributed by atoms with Gasteiger partial charge in [-0.25, -0.2) is 0 Å². The van der Waals surface area contributed by atoms with E-state index < -0.39 is 0 Å². The number of carbonyl (C=O) groups excluding carboxylic acids is 1. The molecule has 0 aromatic carbocycles. The van der Waals surface area contributed by atoms with Crippen molar-refractivity contribution in [2.75, 3.05) is 18.4 Å². The van der Waals surface area contributed by atoms with Crippen molar-refractivity contribution in [1.82, 2.24) is 14.7 Å². The van der Waals surface area contributed by atoms with Crippen molar-refractivity contribution in [3.63, 3.8) is 0 Å². The van der Waals surface area contributed by atoms with E-state index in [1.54, 1.807) is 24.0 Å². The molecule has 1 atom stereocenters. The van der Waals surface area contributed by atoms with Gasteiger partial charge in [-0.15, -0.1) is 0 Å². The summed E-state index contributed by atoms with van der Waals surface area (Å²) in [5.41, 5.74) is 0.298. The molecule has 1 aromatic rings. The molecule has 1 aliphatic heterocycles. The highest BCUT2D eigenvalue weighted by molar-refractivity contribution is 9.09. The highest BCUT2D eigenvalue weighted by Crippen LogP contribution is 2.23. The molecule has 0 N–H and O–H groups in total. The van der Waals surface area contributed by atoms with E-state index >= 15 is 0 Å². The minimum atomic E-state index is -0.315. The van der Waals surface area contributed by atoms with Crippen molar-refractivity contribution in [2.24, 2.45) is 7.05 Å². The molecule has 1 fully saturated rings. The lowest BCUT2D eigenvalue weighted by Crippen LogP contribution is -2.55. The van der Waals surface area contributed by atoms with Crippen molar-refractivity contribution in [3.05, 3.63) is 18.0 Å². The Bertz CT molecular complexity index is 444. The first kappa shape index (κ1) is 13.5. The highest BCUT2D eigenvalue weighted by atomic mass is 79.9. The van der Waals surface area contributed by atoms with Gasteiger partial charge >= 0.3 is 0 Å². The molecular formula is C12H18BrN3O2. The third-order valence-electron chi connectivity index (χ3n) is 2.98. The Balaban J connectivity index is 2.17. The lowest BCUT2D eigenvalue weighted by molar-refractivity contribution is -0.116. The van der Waals surface area contributed by atoms with Crippen molar-refractivity contribution in [2.45, 2.75) is 25.6 Å². The van der Waals surface area contributed by atoms with E-state index in [-0.39, 0.29) is 17.6 Å². The number of rotatable bonds is 2. The van der Waals surface area contributed by atoms with Gasteiger partial charge in [-0.1, -0.05) is 15.9 Å². The summed E-state index contributed by atoms with van der Waals surface area (Å²) in [6.45, 7) is 5.22. The number of amides is 1. The number of aromatic nitrogens is 2. The van der Waals surface area contributed by atoms with Gasteiger partial charge in [0.25, 0.3) is 5.91 Å². The molecule has 1 aromatic heterocycles. The summed E-state index contributed by atoms with van der Waals surface area (Å²) < 4.78 is 7.49. The highest BCUT2D eigenvalue weighted by Gasteiger charge is 2.35. The summed E-state index contributed by atoms with van der Waals surface area (Å²) in [7, 11) is 1.78. The summed E-state index contributed by atoms with van der Waals surface area (Å²) in [6, 6.07) is 1.74. The van der Waals surface area contributed by atoms with E-state index in [0.717, 1.165) is 5.33 Å². The Morgan fingerprint density at radius 2 is 2.39 bits per heavy atom. The molecule has 1 saturated heterocycles. The van der Waals surface area contributed by atoms with E-state index in [9.17, 15) is 4.79 Å². The number of carbonyl (C=O) groups is 1. The summed E-state index contributed by atoms with van der Waals surface area (Å²) in [5, 5.41) is 4.76. The number of halogens is 1. The first-order valence-corrected chi connectivity index (χ1v) is 7.06. The number of alkyl halides is 1. The number of hydrogen-bond acceptors (Lipinski definition) is 3. The largest absolute Gasteiger partial charge is 0.368 e. The number of aryl methyl sites for hydroxylation is 1. The molecule has 0 saturated carbocycles. The van der Waals surface area contributed by atoms with Gasteiger partial charge in [0.15, 0.2) is 0 Å². The lowest BCUT2D eigenvalue weighted by Gasteiger charge is -2.42. The minimum absolute atomic E-state index is 0.0114. The molecule has 0 radical (unpaired) electrons. The van der Waals surface area contributed by atoms with E-state index in [2.05, 4.69) is 21.0 Å². The van der Waals surface area contributed by atoms with Gasteiger partial charge in [-0.2, -0.15) is 5.10 Å². The first-order valence-electron chi connectivity index (χ1n) is 5.94. The van der Waals surface area contributed by atoms with Crippen LogP contribution in [-0.4, -0.2) is 50.7 Å². The number of ether oxygens (including phenoxy) is 1. The van der Waals surface area contributed by atoms with E-state index in [0.29, 0.717) is 18.8 Å². The topological polar surface area (TPSA) is 47.4 Å². The molecule has 2 rings (SSSR count). The lowest BCUT2D eigenvalue weighted by atomic mass is 10.1. The third kappa shape index (κ3) is 2.75. The summed E-state index contributed by atoms with van der Waals surface area (Å²) in [5.74, 6) is 0.0114. The molecule has 5 nitrogen and oxygen atoms in total. The van der Waals surface area contributed by atoms with Crippen LogP contribution in [-0.2, 0) is 11.8 Å². The van der Waals surface area contributed by atoms with Crippen LogP contribution in [0.3, 0.4) is 0 Å². The molecule has 100 valence electrons. The van der Waals surface area contributed by atoms with E-state index in [4.69, 9.17) is 4.74 Å². The fourth-order valence-corrected chi connectivity index (χ4v) is 2.61. The van der Waals surface area contributed by atoms with Crippen LogP contribution in [0.15, 0.2) is 12.3 Å². The van der Waals surface area contributed by atoms with E-state index in [1.165, 1.54) is 0 Å². The third-order valence-corrected chi connectivity index (χ3v) is 3.70. The second-order valence-corrected chi connectivity index (χ2v) is 5.83. The van der Waals surface area contributed by atoms with Crippen LogP contribution in [0.1, 0.15) is 24.3 Å². The van der Waals surface area contributed by atoms with Gasteiger partial charge in [0.2, 0.25) is 0 Å². The summed E-state index contributed by atoms with van der Waals surface area (Å²) in [4.78, 5) is 14.3. The maximum absolute atomic E-state index is 12.4. The normalized spacial score (nSPS) is 23.1. The maximum Gasteiger partial charge on any atom is 0.272 e. The minimum Gasteiger partial charge on any atom is -0.368 e. The zero-order valence-corrected chi connectivity index (χ0v) is 12.5. The average Bonchev–Trinajstić information content (AvgIpc) is 2.72. The van der Waals surface area contributed by atoms with Crippen molar-refractivity contribution in [3.8, 4) is 0 Å². The zero-order chi connectivity index (χ0) is 13.3. The molecule has 1 amide bonds. The number of morpholine rings is 1. The van der Waals surface area contributed by atoms with Crippen LogP contribution in [0.4, 0.5) is 0 Å². The van der Waals surface area contributed by atoms with Crippen LogP contribution < -0.4 is 0 Å². The molecule has 6 heteroatoms. The molecular weight excluding hydrogens is 298 g/mol. The zero-order valence-electron chi connectivity index (χ0n) is 10.9. The molecule has 0 bridgehead atoms. The number of nitrogens with zero attached hydrogens (tertiary/aromatic N) is 3. The van der Waals surface area contributed by atoms with Crippen LogP contribution in [0.25, 0.3) is 0 Å². The van der Waals surface area contributed by atoms with Gasteiger partial charge in [0, 0.05) is 31.7 Å². The SMILES string of the molecule is Cn1nccc1C(=O)N1CC(CBr)OC(C)(C)C1. The fraction of sp³-hybridized carbons (Fsp3) is 0.667. The van der Waals surface area contributed by atoms with Crippen LogP contribution in [0.2, 0.25) is 0 Å². The quantitative estimate of drug-likeness (QED) is 0.776. The monoisotopic (exact) mass is 315 g/mol. The Morgan fingerprint density at radius 3 is 2.94 bits per heavy atom. The van der Waals surface area contributed by atoms with Crippen molar-refractivity contribution in [1.29, 1.82) is 0 Å². The Morgan fingerprint density at radius 1 is 1.67 bits per heavy atom. The molecule has 1 unspecified atom stereocenters. The van der Waals surface area contributed by atoms with Gasteiger partial charge in [-0.3, -0.25) is 9.48 Å². The van der Waals surface area contributed by atoms with Crippen LogP contribution in [0, 0.1) is 0 Å². The van der Waals surface area contributed by atoms with Gasteiger partial charge in [0.1, 0.15) is 5.69 Å². The van der Waals surface area contributed by atoms with E-state index in [1.807, 2.05) is 18.7 Å². The predicted molar refractivity (Wildman–Crippen MR) is 71.9 cm³/mol. The average molecular weight is 316 g/mol.